The van der Waals surface area contributed by atoms with E-state index in [0.29, 0.717) is 11.3 Å². The molecule has 150 valence electrons. The molecular formula is C16H15Cl3N4O3S2. The first kappa shape index (κ1) is 22.7. The van der Waals surface area contributed by atoms with Gasteiger partial charge in [-0.15, -0.1) is 0 Å². The molecule has 12 heteroatoms. The van der Waals surface area contributed by atoms with Crippen LogP contribution < -0.4 is 21.1 Å². The molecule has 0 spiro atoms. The highest BCUT2D eigenvalue weighted by atomic mass is 35.6. The third-order valence-electron chi connectivity index (χ3n) is 3.35. The lowest BCUT2D eigenvalue weighted by Gasteiger charge is -2.27. The molecule has 0 aromatic heterocycles. The number of benzene rings is 2. The predicted molar refractivity (Wildman–Crippen MR) is 115 cm³/mol. The van der Waals surface area contributed by atoms with Crippen molar-refractivity contribution >= 4 is 73.8 Å². The summed E-state index contributed by atoms with van der Waals surface area (Å²) in [5, 5.41) is 13.1. The van der Waals surface area contributed by atoms with E-state index in [1.807, 2.05) is 0 Å². The molecule has 0 saturated carbocycles. The maximum atomic E-state index is 12.3. The Hall–Kier alpha value is -1.62. The molecule has 2 aromatic carbocycles. The summed E-state index contributed by atoms with van der Waals surface area (Å²) in [5.74, 6) is -0.468. The molecule has 0 heterocycles. The molecule has 0 bridgehead atoms. The first-order valence-corrected chi connectivity index (χ1v) is 10.7. The van der Waals surface area contributed by atoms with E-state index in [-0.39, 0.29) is 10.0 Å². The van der Waals surface area contributed by atoms with Crippen LogP contribution in [0.5, 0.6) is 0 Å². The average molecular weight is 482 g/mol. The number of nitrogens with two attached hydrogens (primary N) is 1. The molecule has 2 aromatic rings. The van der Waals surface area contributed by atoms with Crippen molar-refractivity contribution in [1.82, 2.24) is 10.6 Å². The van der Waals surface area contributed by atoms with E-state index in [1.165, 1.54) is 24.3 Å². The molecule has 28 heavy (non-hydrogen) atoms. The summed E-state index contributed by atoms with van der Waals surface area (Å²) in [4.78, 5) is 12.3. The van der Waals surface area contributed by atoms with Gasteiger partial charge in [0.15, 0.2) is 5.11 Å². The number of anilines is 1. The quantitative estimate of drug-likeness (QED) is 0.297. The van der Waals surface area contributed by atoms with Crippen molar-refractivity contribution in [2.24, 2.45) is 5.14 Å². The van der Waals surface area contributed by atoms with Gasteiger partial charge in [-0.05, 0) is 48.6 Å². The summed E-state index contributed by atoms with van der Waals surface area (Å²) in [7, 11) is -3.80. The number of primary sulfonamides is 1. The van der Waals surface area contributed by atoms with E-state index in [4.69, 9.17) is 52.2 Å². The Morgan fingerprint density at radius 2 is 1.57 bits per heavy atom. The van der Waals surface area contributed by atoms with Crippen LogP contribution in [0.3, 0.4) is 0 Å². The number of alkyl halides is 3. The molecule has 0 fully saturated rings. The van der Waals surface area contributed by atoms with Gasteiger partial charge in [0.1, 0.15) is 6.17 Å². The summed E-state index contributed by atoms with van der Waals surface area (Å²) in [6.07, 6.45) is -1.14. The van der Waals surface area contributed by atoms with Crippen molar-refractivity contribution in [2.75, 3.05) is 5.32 Å². The minimum atomic E-state index is -3.80. The van der Waals surface area contributed by atoms with Gasteiger partial charge in [-0.25, -0.2) is 13.6 Å². The summed E-state index contributed by atoms with van der Waals surface area (Å²) in [6, 6.07) is 13.9. The van der Waals surface area contributed by atoms with Crippen LogP contribution in [-0.2, 0) is 10.0 Å². The number of halogens is 3. The molecule has 5 N–H and O–H groups in total. The lowest BCUT2D eigenvalue weighted by Crippen LogP contribution is -2.56. The zero-order valence-electron chi connectivity index (χ0n) is 14.0. The molecule has 0 aliphatic heterocycles. The van der Waals surface area contributed by atoms with E-state index in [1.54, 1.807) is 30.3 Å². The molecule has 2 rings (SSSR count). The number of hydrogen-bond acceptors (Lipinski definition) is 4. The number of sulfonamides is 1. The molecule has 1 amide bonds. The van der Waals surface area contributed by atoms with Gasteiger partial charge in [-0.1, -0.05) is 53.0 Å². The van der Waals surface area contributed by atoms with Gasteiger partial charge in [0, 0.05) is 11.3 Å². The van der Waals surface area contributed by atoms with Gasteiger partial charge < -0.3 is 16.0 Å². The van der Waals surface area contributed by atoms with Crippen LogP contribution in [0.2, 0.25) is 0 Å². The van der Waals surface area contributed by atoms with E-state index in [9.17, 15) is 13.2 Å². The summed E-state index contributed by atoms with van der Waals surface area (Å²) in [5.41, 5.74) is 0.836. The standard InChI is InChI=1S/C16H15Cl3N4O3S2/c17-16(18,19)14(22-13(24)10-4-2-1-3-5-10)23-15(27)21-11-6-8-12(9-7-11)28(20,25)26/h1-9,14H,(H,22,24)(H2,20,25,26)(H2,21,23,27)/t14-/m1/s1. The lowest BCUT2D eigenvalue weighted by atomic mass is 10.2. The third kappa shape index (κ3) is 6.77. The highest BCUT2D eigenvalue weighted by molar-refractivity contribution is 7.89. The maximum Gasteiger partial charge on any atom is 0.252 e. The smallest absolute Gasteiger partial charge is 0.252 e. The van der Waals surface area contributed by atoms with Crippen LogP contribution in [0.1, 0.15) is 10.4 Å². The zero-order valence-corrected chi connectivity index (χ0v) is 17.9. The third-order valence-corrected chi connectivity index (χ3v) is 5.16. The van der Waals surface area contributed by atoms with E-state index >= 15 is 0 Å². The molecule has 0 radical (unpaired) electrons. The minimum absolute atomic E-state index is 0.0352. The van der Waals surface area contributed by atoms with Gasteiger partial charge in [-0.2, -0.15) is 0 Å². The molecule has 1 atom stereocenters. The molecule has 0 saturated heterocycles. The first-order chi connectivity index (χ1) is 13.0. The Bertz CT molecular complexity index is 949. The fourth-order valence-corrected chi connectivity index (χ4v) is 3.11. The monoisotopic (exact) mass is 480 g/mol. The fraction of sp³-hybridized carbons (Fsp3) is 0.125. The molecule has 0 unspecified atom stereocenters. The van der Waals surface area contributed by atoms with Crippen LogP contribution in [0.25, 0.3) is 0 Å². The van der Waals surface area contributed by atoms with Crippen LogP contribution in [0.15, 0.2) is 59.5 Å². The van der Waals surface area contributed by atoms with Gasteiger partial charge >= 0.3 is 0 Å². The number of nitrogens with one attached hydrogen (secondary N) is 3. The largest absolute Gasteiger partial charge is 0.339 e. The zero-order chi connectivity index (χ0) is 20.9. The Morgan fingerprint density at radius 3 is 2.07 bits per heavy atom. The van der Waals surface area contributed by atoms with Crippen molar-refractivity contribution in [3.63, 3.8) is 0 Å². The van der Waals surface area contributed by atoms with Crippen LogP contribution in [0, 0.1) is 0 Å². The second kappa shape index (κ2) is 9.25. The lowest BCUT2D eigenvalue weighted by molar-refractivity contribution is 0.0934. The normalized spacial score (nSPS) is 12.7. The second-order valence-corrected chi connectivity index (χ2v) is 9.82. The number of carbonyl (C=O) groups is 1. The number of rotatable bonds is 5. The first-order valence-electron chi connectivity index (χ1n) is 7.60. The van der Waals surface area contributed by atoms with Crippen LogP contribution >= 0.6 is 47.0 Å². The highest BCUT2D eigenvalue weighted by Crippen LogP contribution is 2.29. The summed E-state index contributed by atoms with van der Waals surface area (Å²) in [6.45, 7) is 0. The number of amides is 1. The van der Waals surface area contributed by atoms with Gasteiger partial charge in [0.25, 0.3) is 5.91 Å². The number of hydrogen-bond donors (Lipinski definition) is 4. The Balaban J connectivity index is 2.06. The van der Waals surface area contributed by atoms with E-state index < -0.39 is 25.9 Å². The van der Waals surface area contributed by atoms with Crippen molar-refractivity contribution in [2.45, 2.75) is 14.9 Å². The van der Waals surface area contributed by atoms with Crippen LogP contribution in [-0.4, -0.2) is 29.4 Å². The van der Waals surface area contributed by atoms with Gasteiger partial charge in [0.2, 0.25) is 13.8 Å². The van der Waals surface area contributed by atoms with E-state index in [2.05, 4.69) is 16.0 Å². The SMILES string of the molecule is NS(=O)(=O)c1ccc(NC(=S)N[C@@H](NC(=O)c2ccccc2)C(Cl)(Cl)Cl)cc1. The summed E-state index contributed by atoms with van der Waals surface area (Å²) < 4.78 is 20.6. The average Bonchev–Trinajstić information content (AvgIpc) is 2.60. The Morgan fingerprint density at radius 1 is 1.00 bits per heavy atom. The van der Waals surface area contributed by atoms with Crippen molar-refractivity contribution < 1.29 is 13.2 Å². The van der Waals surface area contributed by atoms with Gasteiger partial charge in [-0.3, -0.25) is 4.79 Å². The van der Waals surface area contributed by atoms with Crippen molar-refractivity contribution in [3.8, 4) is 0 Å². The molecule has 0 aliphatic rings. The second-order valence-electron chi connectivity index (χ2n) is 5.48. The van der Waals surface area contributed by atoms with Crippen molar-refractivity contribution in [3.05, 3.63) is 60.2 Å². The minimum Gasteiger partial charge on any atom is -0.339 e. The molecular weight excluding hydrogens is 467 g/mol. The molecule has 7 nitrogen and oxygen atoms in total. The topological polar surface area (TPSA) is 113 Å². The predicted octanol–water partition coefficient (Wildman–Crippen LogP) is 2.75. The summed E-state index contributed by atoms with van der Waals surface area (Å²) >= 11 is 23.0. The highest BCUT2D eigenvalue weighted by Gasteiger charge is 2.34. The fourth-order valence-electron chi connectivity index (χ4n) is 2.03. The van der Waals surface area contributed by atoms with Crippen LogP contribution in [0.4, 0.5) is 5.69 Å². The van der Waals surface area contributed by atoms with E-state index in [0.717, 1.165) is 0 Å². The van der Waals surface area contributed by atoms with Crippen molar-refractivity contribution in [1.29, 1.82) is 0 Å². The maximum absolute atomic E-state index is 12.3. The Kier molecular flexibility index (Phi) is 7.49. The molecule has 0 aliphatic carbocycles. The number of thiocarbonyl (C=S) groups is 1. The Labute approximate surface area is 182 Å². The van der Waals surface area contributed by atoms with Gasteiger partial charge in [0.05, 0.1) is 4.90 Å². The number of carbonyl (C=O) groups excluding carboxylic acids is 1.